The van der Waals surface area contributed by atoms with Crippen molar-refractivity contribution in [3.05, 3.63) is 118 Å². The number of halogens is 1. The van der Waals surface area contributed by atoms with Crippen LogP contribution in [0.25, 0.3) is 16.5 Å². The SMILES string of the molecule is CCOC(=O)C(C)(C)OC(=O)CC[C@@H]1N=C(c2ccccn2)c2c(cc(C)c(Cl)c2C)-n2c(C)cnc21.O=C(O)c1c(O)ccc2ccccc12. The molecule has 0 unspecified atom stereocenters. The lowest BCUT2D eigenvalue weighted by Gasteiger charge is -2.23. The number of hydrogen-bond acceptors (Lipinski definition) is 9. The molecule has 12 heteroatoms. The van der Waals surface area contributed by atoms with Crippen molar-refractivity contribution in [3.8, 4) is 11.4 Å². The van der Waals surface area contributed by atoms with Crippen LogP contribution in [0, 0.1) is 20.8 Å². The monoisotopic (exact) mass is 710 g/mol. The Bertz CT molecular complexity index is 2160. The average Bonchev–Trinajstić information content (AvgIpc) is 3.42. The Hall–Kier alpha value is -5.55. The first-order valence-corrected chi connectivity index (χ1v) is 16.8. The standard InChI is InChI=1S/C28H31ClN4O4.C11H8O3/c1-7-36-27(35)28(5,6)37-22(34)12-11-20-26-31-15-17(3)33(26)21-14-16(2)24(29)18(4)23(21)25(32-20)19-10-8-9-13-30-19;12-9-6-5-7-3-1-2-4-8(7)10(9)11(13)14/h8-10,13-15,20H,7,11-12H2,1-6H3;1-6,12H,(H,13,14)/t20-;/m0./s1. The number of rotatable bonds is 8. The molecule has 0 saturated carbocycles. The van der Waals surface area contributed by atoms with Crippen LogP contribution in [0.3, 0.4) is 0 Å². The highest BCUT2D eigenvalue weighted by Crippen LogP contribution is 2.38. The molecule has 0 aliphatic carbocycles. The first kappa shape index (κ1) is 36.7. The number of pyridine rings is 1. The van der Waals surface area contributed by atoms with E-state index in [-0.39, 0.29) is 24.3 Å². The number of aromatic carboxylic acids is 1. The molecule has 0 spiro atoms. The number of aryl methyl sites for hydroxylation is 2. The van der Waals surface area contributed by atoms with E-state index in [0.29, 0.717) is 34.1 Å². The molecular formula is C39H39ClN4O7. The highest BCUT2D eigenvalue weighted by molar-refractivity contribution is 6.33. The molecule has 0 fully saturated rings. The zero-order chi connectivity index (χ0) is 37.0. The Kier molecular flexibility index (Phi) is 10.9. The molecule has 264 valence electrons. The summed E-state index contributed by atoms with van der Waals surface area (Å²) in [6.45, 7) is 10.9. The van der Waals surface area contributed by atoms with Crippen LogP contribution < -0.4 is 0 Å². The summed E-state index contributed by atoms with van der Waals surface area (Å²) in [4.78, 5) is 50.2. The van der Waals surface area contributed by atoms with E-state index in [1.54, 1.807) is 43.6 Å². The molecule has 3 aromatic carbocycles. The predicted octanol–water partition coefficient (Wildman–Crippen LogP) is 7.65. The summed E-state index contributed by atoms with van der Waals surface area (Å²) >= 11 is 6.71. The number of esters is 2. The number of ether oxygens (including phenoxy) is 2. The fourth-order valence-electron chi connectivity index (χ4n) is 6.01. The zero-order valence-electron chi connectivity index (χ0n) is 29.2. The molecule has 0 radical (unpaired) electrons. The zero-order valence-corrected chi connectivity index (χ0v) is 30.0. The number of fused-ring (bicyclic) bond motifs is 4. The number of aromatic hydroxyl groups is 1. The number of hydrogen-bond donors (Lipinski definition) is 2. The van der Waals surface area contributed by atoms with Crippen LogP contribution in [0.5, 0.6) is 5.75 Å². The average molecular weight is 711 g/mol. The lowest BCUT2D eigenvalue weighted by atomic mass is 9.96. The second kappa shape index (κ2) is 15.1. The number of carbonyl (C=O) groups excluding carboxylic acids is 2. The fraction of sp³-hybridized carbons (Fsp3) is 0.282. The molecule has 2 aromatic heterocycles. The normalized spacial score (nSPS) is 13.5. The van der Waals surface area contributed by atoms with Crippen molar-refractivity contribution < 1.29 is 34.1 Å². The fourth-order valence-corrected chi connectivity index (χ4v) is 6.16. The topological polar surface area (TPSA) is 153 Å². The van der Waals surface area contributed by atoms with Crippen LogP contribution in [-0.2, 0) is 19.1 Å². The molecule has 6 rings (SSSR count). The van der Waals surface area contributed by atoms with Gasteiger partial charge in [0.2, 0.25) is 5.60 Å². The van der Waals surface area contributed by atoms with Crippen molar-refractivity contribution in [1.29, 1.82) is 0 Å². The van der Waals surface area contributed by atoms with Gasteiger partial charge >= 0.3 is 17.9 Å². The second-order valence-electron chi connectivity index (χ2n) is 12.6. The number of benzene rings is 3. The molecule has 51 heavy (non-hydrogen) atoms. The number of aliphatic imine (C=N–C) groups is 1. The van der Waals surface area contributed by atoms with Crippen molar-refractivity contribution in [3.63, 3.8) is 0 Å². The van der Waals surface area contributed by atoms with Crippen LogP contribution in [0.4, 0.5) is 0 Å². The molecule has 1 atom stereocenters. The van der Waals surface area contributed by atoms with Crippen LogP contribution in [0.1, 0.15) is 83.9 Å². The molecule has 1 aliphatic rings. The molecule has 0 amide bonds. The highest BCUT2D eigenvalue weighted by atomic mass is 35.5. The summed E-state index contributed by atoms with van der Waals surface area (Å²) in [5, 5.41) is 20.3. The first-order chi connectivity index (χ1) is 24.2. The Balaban J connectivity index is 0.000000299. The lowest BCUT2D eigenvalue weighted by molar-refractivity contribution is -0.178. The van der Waals surface area contributed by atoms with Crippen molar-refractivity contribution >= 4 is 46.0 Å². The van der Waals surface area contributed by atoms with E-state index in [1.165, 1.54) is 19.9 Å². The van der Waals surface area contributed by atoms with Gasteiger partial charge in [-0.3, -0.25) is 19.3 Å². The summed E-state index contributed by atoms with van der Waals surface area (Å²) in [6, 6.07) is 17.4. The van der Waals surface area contributed by atoms with Crippen molar-refractivity contribution in [2.24, 2.45) is 4.99 Å². The maximum Gasteiger partial charge on any atom is 0.349 e. The van der Waals surface area contributed by atoms with E-state index in [4.69, 9.17) is 31.2 Å². The summed E-state index contributed by atoms with van der Waals surface area (Å²) in [6.07, 6.45) is 3.88. The van der Waals surface area contributed by atoms with E-state index >= 15 is 0 Å². The third-order valence-electron chi connectivity index (χ3n) is 8.47. The molecule has 0 saturated heterocycles. The Morgan fingerprint density at radius 1 is 1.00 bits per heavy atom. The largest absolute Gasteiger partial charge is 0.507 e. The van der Waals surface area contributed by atoms with Gasteiger partial charge in [-0.05, 0) is 94.1 Å². The van der Waals surface area contributed by atoms with E-state index in [1.807, 2.05) is 51.1 Å². The maximum atomic E-state index is 12.8. The number of carboxylic acid groups (broad SMARTS) is 1. The highest BCUT2D eigenvalue weighted by Gasteiger charge is 2.35. The minimum atomic E-state index is -1.38. The number of carboxylic acids is 1. The quantitative estimate of drug-likeness (QED) is 0.155. The number of carbonyl (C=O) groups is 3. The van der Waals surface area contributed by atoms with E-state index in [0.717, 1.165) is 33.5 Å². The Labute approximate surface area is 300 Å². The van der Waals surface area contributed by atoms with Crippen LogP contribution in [0.2, 0.25) is 5.02 Å². The minimum Gasteiger partial charge on any atom is -0.507 e. The van der Waals surface area contributed by atoms with Gasteiger partial charge in [0.1, 0.15) is 23.2 Å². The molecule has 0 bridgehead atoms. The number of phenols is 1. The van der Waals surface area contributed by atoms with Crippen molar-refractivity contribution in [1.82, 2.24) is 14.5 Å². The van der Waals surface area contributed by atoms with E-state index < -0.39 is 29.6 Å². The first-order valence-electron chi connectivity index (χ1n) is 16.4. The van der Waals surface area contributed by atoms with Crippen LogP contribution in [0.15, 0.2) is 78.0 Å². The summed E-state index contributed by atoms with van der Waals surface area (Å²) in [7, 11) is 0. The molecule has 2 N–H and O–H groups in total. The molecular weight excluding hydrogens is 672 g/mol. The maximum absolute atomic E-state index is 12.8. The molecule has 5 aromatic rings. The number of aromatic nitrogens is 3. The van der Waals surface area contributed by atoms with Gasteiger partial charge < -0.3 is 19.7 Å². The van der Waals surface area contributed by atoms with Gasteiger partial charge in [0.05, 0.1) is 23.7 Å². The lowest BCUT2D eigenvalue weighted by Crippen LogP contribution is -2.38. The van der Waals surface area contributed by atoms with Gasteiger partial charge in [-0.1, -0.05) is 48.0 Å². The predicted molar refractivity (Wildman–Crippen MR) is 194 cm³/mol. The summed E-state index contributed by atoms with van der Waals surface area (Å²) < 4.78 is 12.6. The van der Waals surface area contributed by atoms with E-state index in [2.05, 4.69) is 14.5 Å². The molecule has 3 heterocycles. The van der Waals surface area contributed by atoms with Gasteiger partial charge in [0.25, 0.3) is 0 Å². The number of nitrogens with zero attached hydrogens (tertiary/aromatic N) is 4. The molecule has 1 aliphatic heterocycles. The number of imidazole rings is 1. The van der Waals surface area contributed by atoms with E-state index in [9.17, 15) is 19.5 Å². The van der Waals surface area contributed by atoms with Gasteiger partial charge in [0.15, 0.2) is 0 Å². The van der Waals surface area contributed by atoms with Gasteiger partial charge in [-0.25, -0.2) is 14.6 Å². The van der Waals surface area contributed by atoms with Gasteiger partial charge in [0, 0.05) is 35.1 Å². The molecule has 11 nitrogen and oxygen atoms in total. The third-order valence-corrected chi connectivity index (χ3v) is 9.05. The summed E-state index contributed by atoms with van der Waals surface area (Å²) in [5.41, 5.74) is 4.55. The van der Waals surface area contributed by atoms with Gasteiger partial charge in [-0.15, -0.1) is 0 Å². The second-order valence-corrected chi connectivity index (χ2v) is 12.9. The van der Waals surface area contributed by atoms with Gasteiger partial charge in [-0.2, -0.15) is 0 Å². The smallest absolute Gasteiger partial charge is 0.349 e. The summed E-state index contributed by atoms with van der Waals surface area (Å²) in [5.74, 6) is -1.70. The van der Waals surface area contributed by atoms with Crippen LogP contribution >= 0.6 is 11.6 Å². The third kappa shape index (κ3) is 7.63. The Morgan fingerprint density at radius 2 is 1.73 bits per heavy atom. The van der Waals surface area contributed by atoms with Crippen molar-refractivity contribution in [2.75, 3.05) is 6.61 Å². The Morgan fingerprint density at radius 3 is 2.41 bits per heavy atom. The van der Waals surface area contributed by atoms with Crippen molar-refractivity contribution in [2.45, 2.75) is 66.0 Å². The van der Waals surface area contributed by atoms with Crippen LogP contribution in [-0.4, -0.2) is 60.6 Å². The minimum absolute atomic E-state index is 0.0352.